The van der Waals surface area contributed by atoms with Crippen LogP contribution in [-0.4, -0.2) is 28.3 Å². The van der Waals surface area contributed by atoms with Gasteiger partial charge in [0.05, 0.1) is 0 Å². The molecule has 1 heterocycles. The Hall–Kier alpha value is -0.610. The molecule has 1 aromatic rings. The third-order valence-corrected chi connectivity index (χ3v) is 3.88. The maximum Gasteiger partial charge on any atom is 0.188 e. The van der Waals surface area contributed by atoms with Crippen LogP contribution in [0, 0.1) is 13.8 Å². The van der Waals surface area contributed by atoms with Gasteiger partial charge in [-0.3, -0.25) is 0 Å². The molecule has 0 aliphatic rings. The molecule has 1 atom stereocenters. The number of hydrogen-bond acceptors (Lipinski definition) is 4. The van der Waals surface area contributed by atoms with Crippen LogP contribution in [0.15, 0.2) is 11.2 Å². The molecule has 0 saturated carbocycles. The maximum absolute atomic E-state index is 4.44. The molecule has 0 aliphatic heterocycles. The van der Waals surface area contributed by atoms with E-state index in [0.717, 1.165) is 28.8 Å². The SMILES string of the molecule is CCCCCC(C)NCCSc1nc(C)cc(C)n1. The molecule has 0 aromatic carbocycles. The van der Waals surface area contributed by atoms with Crippen molar-refractivity contribution in [1.82, 2.24) is 15.3 Å². The quantitative estimate of drug-likeness (QED) is 0.425. The van der Waals surface area contributed by atoms with Gasteiger partial charge in [0.2, 0.25) is 0 Å². The molecule has 0 spiro atoms. The number of aromatic nitrogens is 2. The van der Waals surface area contributed by atoms with Crippen molar-refractivity contribution in [3.63, 3.8) is 0 Å². The molecule has 1 N–H and O–H groups in total. The first-order valence-corrected chi connectivity index (χ1v) is 8.29. The largest absolute Gasteiger partial charge is 0.313 e. The van der Waals surface area contributed by atoms with Crippen LogP contribution in [0.4, 0.5) is 0 Å². The minimum absolute atomic E-state index is 0.618. The molecular weight excluding hydrogens is 254 g/mol. The van der Waals surface area contributed by atoms with Crippen LogP contribution in [0.5, 0.6) is 0 Å². The Bertz CT molecular complexity index is 348. The van der Waals surface area contributed by atoms with E-state index in [-0.39, 0.29) is 0 Å². The van der Waals surface area contributed by atoms with Gasteiger partial charge in [-0.05, 0) is 33.3 Å². The summed E-state index contributed by atoms with van der Waals surface area (Å²) in [5.41, 5.74) is 2.10. The molecule has 1 unspecified atom stereocenters. The third kappa shape index (κ3) is 7.53. The minimum atomic E-state index is 0.618. The molecular formula is C15H27N3S. The number of rotatable bonds is 9. The van der Waals surface area contributed by atoms with Crippen molar-refractivity contribution < 1.29 is 0 Å². The van der Waals surface area contributed by atoms with Crippen molar-refractivity contribution in [3.05, 3.63) is 17.5 Å². The zero-order valence-electron chi connectivity index (χ0n) is 12.7. The second kappa shape index (κ2) is 9.32. The van der Waals surface area contributed by atoms with E-state index in [1.165, 1.54) is 25.7 Å². The Labute approximate surface area is 122 Å². The molecule has 4 heteroatoms. The zero-order chi connectivity index (χ0) is 14.1. The average Bonchev–Trinajstić information content (AvgIpc) is 2.34. The Morgan fingerprint density at radius 2 is 1.89 bits per heavy atom. The van der Waals surface area contributed by atoms with Crippen LogP contribution < -0.4 is 5.32 Å². The Morgan fingerprint density at radius 1 is 1.21 bits per heavy atom. The van der Waals surface area contributed by atoms with Crippen LogP contribution in [0.2, 0.25) is 0 Å². The zero-order valence-corrected chi connectivity index (χ0v) is 13.5. The molecule has 1 aromatic heterocycles. The predicted octanol–water partition coefficient (Wildman–Crippen LogP) is 3.74. The monoisotopic (exact) mass is 281 g/mol. The van der Waals surface area contributed by atoms with E-state index < -0.39 is 0 Å². The summed E-state index contributed by atoms with van der Waals surface area (Å²) in [5, 5.41) is 4.47. The van der Waals surface area contributed by atoms with Gasteiger partial charge < -0.3 is 5.32 Å². The minimum Gasteiger partial charge on any atom is -0.313 e. The van der Waals surface area contributed by atoms with Crippen LogP contribution in [0.1, 0.15) is 50.9 Å². The summed E-state index contributed by atoms with van der Waals surface area (Å²) >= 11 is 1.73. The molecule has 0 aliphatic carbocycles. The highest BCUT2D eigenvalue weighted by Crippen LogP contribution is 2.13. The Balaban J connectivity index is 2.16. The highest BCUT2D eigenvalue weighted by Gasteiger charge is 2.03. The van der Waals surface area contributed by atoms with Gasteiger partial charge in [-0.2, -0.15) is 0 Å². The molecule has 1 rings (SSSR count). The summed E-state index contributed by atoms with van der Waals surface area (Å²) in [5.74, 6) is 1.03. The highest BCUT2D eigenvalue weighted by atomic mass is 32.2. The van der Waals surface area contributed by atoms with Crippen LogP contribution in [-0.2, 0) is 0 Å². The van der Waals surface area contributed by atoms with Crippen molar-refractivity contribution in [2.45, 2.75) is 64.6 Å². The first-order valence-electron chi connectivity index (χ1n) is 7.30. The number of hydrogen-bond donors (Lipinski definition) is 1. The topological polar surface area (TPSA) is 37.8 Å². The first-order chi connectivity index (χ1) is 9.11. The second-order valence-electron chi connectivity index (χ2n) is 5.13. The van der Waals surface area contributed by atoms with Crippen LogP contribution >= 0.6 is 11.8 Å². The molecule has 0 bridgehead atoms. The normalized spacial score (nSPS) is 12.6. The van der Waals surface area contributed by atoms with Crippen molar-refractivity contribution >= 4 is 11.8 Å². The number of nitrogens with zero attached hydrogens (tertiary/aromatic N) is 2. The maximum atomic E-state index is 4.44. The molecule has 0 saturated heterocycles. The fourth-order valence-electron chi connectivity index (χ4n) is 2.01. The van der Waals surface area contributed by atoms with Gasteiger partial charge in [-0.15, -0.1) is 0 Å². The smallest absolute Gasteiger partial charge is 0.188 e. The van der Waals surface area contributed by atoms with E-state index in [1.807, 2.05) is 19.9 Å². The van der Waals surface area contributed by atoms with E-state index in [4.69, 9.17) is 0 Å². The third-order valence-electron chi connectivity index (χ3n) is 3.03. The van der Waals surface area contributed by atoms with Crippen LogP contribution in [0.3, 0.4) is 0 Å². The molecule has 19 heavy (non-hydrogen) atoms. The summed E-state index contributed by atoms with van der Waals surface area (Å²) in [7, 11) is 0. The van der Waals surface area contributed by atoms with Crippen molar-refractivity contribution in [3.8, 4) is 0 Å². The molecule has 3 nitrogen and oxygen atoms in total. The lowest BCUT2D eigenvalue weighted by molar-refractivity contribution is 0.502. The summed E-state index contributed by atoms with van der Waals surface area (Å²) < 4.78 is 0. The second-order valence-corrected chi connectivity index (χ2v) is 6.19. The standard InChI is InChI=1S/C15H27N3S/c1-5-6-7-8-12(2)16-9-10-19-15-17-13(3)11-14(4)18-15/h11-12,16H,5-10H2,1-4H3. The lowest BCUT2D eigenvalue weighted by Gasteiger charge is -2.13. The Kier molecular flexibility index (Phi) is 8.07. The van der Waals surface area contributed by atoms with E-state index in [1.54, 1.807) is 11.8 Å². The summed E-state index contributed by atoms with van der Waals surface area (Å²) in [6, 6.07) is 2.63. The van der Waals surface area contributed by atoms with Gasteiger partial charge >= 0.3 is 0 Å². The van der Waals surface area contributed by atoms with Crippen molar-refractivity contribution in [2.75, 3.05) is 12.3 Å². The molecule has 108 valence electrons. The number of nitrogens with one attached hydrogen (secondary N) is 1. The number of unbranched alkanes of at least 4 members (excludes halogenated alkanes) is 2. The summed E-state index contributed by atoms with van der Waals surface area (Å²) in [4.78, 5) is 8.87. The van der Waals surface area contributed by atoms with E-state index in [2.05, 4.69) is 29.1 Å². The van der Waals surface area contributed by atoms with E-state index >= 15 is 0 Å². The van der Waals surface area contributed by atoms with Gasteiger partial charge in [0.15, 0.2) is 5.16 Å². The molecule has 0 fully saturated rings. The first kappa shape index (κ1) is 16.4. The van der Waals surface area contributed by atoms with E-state index in [0.29, 0.717) is 6.04 Å². The fourth-order valence-corrected chi connectivity index (χ4v) is 2.83. The lowest BCUT2D eigenvalue weighted by Crippen LogP contribution is -2.28. The van der Waals surface area contributed by atoms with Gasteiger partial charge in [-0.1, -0.05) is 37.9 Å². The van der Waals surface area contributed by atoms with Crippen molar-refractivity contribution in [1.29, 1.82) is 0 Å². The summed E-state index contributed by atoms with van der Waals surface area (Å²) in [6.07, 6.45) is 5.25. The van der Waals surface area contributed by atoms with Crippen LogP contribution in [0.25, 0.3) is 0 Å². The van der Waals surface area contributed by atoms with Gasteiger partial charge in [0.1, 0.15) is 0 Å². The van der Waals surface area contributed by atoms with E-state index in [9.17, 15) is 0 Å². The summed E-state index contributed by atoms with van der Waals surface area (Å²) in [6.45, 7) is 9.58. The van der Waals surface area contributed by atoms with Gasteiger partial charge in [0, 0.05) is 29.7 Å². The number of aryl methyl sites for hydroxylation is 2. The Morgan fingerprint density at radius 3 is 2.53 bits per heavy atom. The number of thioether (sulfide) groups is 1. The fraction of sp³-hybridized carbons (Fsp3) is 0.733. The highest BCUT2D eigenvalue weighted by molar-refractivity contribution is 7.99. The lowest BCUT2D eigenvalue weighted by atomic mass is 10.1. The molecule has 0 radical (unpaired) electrons. The molecule has 0 amide bonds. The average molecular weight is 281 g/mol. The van der Waals surface area contributed by atoms with Gasteiger partial charge in [-0.25, -0.2) is 9.97 Å². The van der Waals surface area contributed by atoms with Gasteiger partial charge in [0.25, 0.3) is 0 Å². The predicted molar refractivity (Wildman–Crippen MR) is 83.8 cm³/mol. The van der Waals surface area contributed by atoms with Crippen molar-refractivity contribution in [2.24, 2.45) is 0 Å².